The number of amides is 1. The van der Waals surface area contributed by atoms with Crippen LogP contribution in [0.5, 0.6) is 0 Å². The zero-order valence-corrected chi connectivity index (χ0v) is 15.3. The van der Waals surface area contributed by atoms with Crippen molar-refractivity contribution in [2.45, 2.75) is 13.8 Å². The first-order valence-electron chi connectivity index (χ1n) is 8.02. The van der Waals surface area contributed by atoms with Crippen LogP contribution >= 0.6 is 11.3 Å². The molecule has 0 bridgehead atoms. The van der Waals surface area contributed by atoms with E-state index in [1.807, 2.05) is 62.4 Å². The number of nitrogens with one attached hydrogen (secondary N) is 2. The van der Waals surface area contributed by atoms with E-state index in [9.17, 15) is 10.1 Å². The van der Waals surface area contributed by atoms with Crippen LogP contribution in [0.1, 0.15) is 26.4 Å². The smallest absolute Gasteiger partial charge is 0.267 e. The lowest BCUT2D eigenvalue weighted by molar-refractivity contribution is 0.103. The number of carbonyl (C=O) groups excluding carboxylic acids is 1. The van der Waals surface area contributed by atoms with Crippen molar-refractivity contribution in [3.63, 3.8) is 0 Å². The molecule has 1 aromatic heterocycles. The largest absolute Gasteiger partial charge is 0.396 e. The summed E-state index contributed by atoms with van der Waals surface area (Å²) in [5.74, 6) is -0.322. The van der Waals surface area contributed by atoms with Crippen LogP contribution in [-0.4, -0.2) is 5.91 Å². The highest BCUT2D eigenvalue weighted by molar-refractivity contribution is 7.19. The van der Waals surface area contributed by atoms with Crippen molar-refractivity contribution >= 4 is 39.3 Å². The zero-order chi connectivity index (χ0) is 18.7. The molecule has 6 heteroatoms. The Bertz CT molecular complexity index is 1000. The molecular weight excluding hydrogens is 344 g/mol. The Balaban J connectivity index is 1.90. The molecule has 3 aromatic rings. The van der Waals surface area contributed by atoms with Gasteiger partial charge in [0.2, 0.25) is 0 Å². The molecule has 4 N–H and O–H groups in total. The van der Waals surface area contributed by atoms with E-state index >= 15 is 0 Å². The number of hydrogen-bond donors (Lipinski definition) is 3. The van der Waals surface area contributed by atoms with Gasteiger partial charge in [-0.2, -0.15) is 5.26 Å². The van der Waals surface area contributed by atoms with E-state index in [1.165, 1.54) is 11.3 Å². The Morgan fingerprint density at radius 3 is 2.54 bits per heavy atom. The highest BCUT2D eigenvalue weighted by Gasteiger charge is 2.21. The van der Waals surface area contributed by atoms with E-state index in [-0.39, 0.29) is 17.2 Å². The predicted molar refractivity (Wildman–Crippen MR) is 107 cm³/mol. The van der Waals surface area contributed by atoms with Crippen molar-refractivity contribution in [3.8, 4) is 6.07 Å². The first kappa shape index (κ1) is 17.5. The van der Waals surface area contributed by atoms with E-state index in [2.05, 4.69) is 16.7 Å². The van der Waals surface area contributed by atoms with E-state index in [0.29, 0.717) is 9.88 Å². The van der Waals surface area contributed by atoms with E-state index in [1.54, 1.807) is 0 Å². The number of thiophene rings is 1. The molecule has 0 saturated carbocycles. The minimum atomic E-state index is -0.322. The van der Waals surface area contributed by atoms with Gasteiger partial charge in [0.1, 0.15) is 21.5 Å². The van der Waals surface area contributed by atoms with Crippen LogP contribution < -0.4 is 16.4 Å². The summed E-state index contributed by atoms with van der Waals surface area (Å²) in [6.07, 6.45) is 0. The van der Waals surface area contributed by atoms with Crippen molar-refractivity contribution in [3.05, 3.63) is 70.1 Å². The highest BCUT2D eigenvalue weighted by Crippen LogP contribution is 2.37. The van der Waals surface area contributed by atoms with Gasteiger partial charge >= 0.3 is 0 Å². The van der Waals surface area contributed by atoms with Gasteiger partial charge in [-0.15, -0.1) is 11.3 Å². The van der Waals surface area contributed by atoms with Gasteiger partial charge in [0, 0.05) is 11.4 Å². The van der Waals surface area contributed by atoms with Crippen LogP contribution in [0.2, 0.25) is 0 Å². The number of nitrogens with two attached hydrogens (primary N) is 1. The quantitative estimate of drug-likeness (QED) is 0.621. The summed E-state index contributed by atoms with van der Waals surface area (Å²) in [5, 5.41) is 16.0. The van der Waals surface area contributed by atoms with Crippen molar-refractivity contribution in [2.75, 3.05) is 16.4 Å². The summed E-state index contributed by atoms with van der Waals surface area (Å²) in [4.78, 5) is 13.0. The number of nitriles is 1. The average Bonchev–Trinajstić information content (AvgIpc) is 2.93. The molecule has 2 aromatic carbocycles. The molecule has 1 amide bonds. The minimum absolute atomic E-state index is 0.193. The highest BCUT2D eigenvalue weighted by atomic mass is 32.1. The van der Waals surface area contributed by atoms with Gasteiger partial charge in [-0.25, -0.2) is 0 Å². The lowest BCUT2D eigenvalue weighted by Gasteiger charge is -2.08. The molecule has 0 aliphatic carbocycles. The van der Waals surface area contributed by atoms with Crippen LogP contribution in [0.3, 0.4) is 0 Å². The van der Waals surface area contributed by atoms with Crippen LogP contribution in [0, 0.1) is 25.2 Å². The second-order valence-electron chi connectivity index (χ2n) is 5.92. The van der Waals surface area contributed by atoms with E-state index < -0.39 is 0 Å². The topological polar surface area (TPSA) is 90.9 Å². The second kappa shape index (κ2) is 7.30. The normalized spacial score (nSPS) is 10.2. The molecule has 130 valence electrons. The average molecular weight is 362 g/mol. The molecule has 26 heavy (non-hydrogen) atoms. The van der Waals surface area contributed by atoms with Gasteiger partial charge < -0.3 is 16.4 Å². The first-order valence-corrected chi connectivity index (χ1v) is 8.84. The molecule has 0 fully saturated rings. The summed E-state index contributed by atoms with van der Waals surface area (Å²) < 4.78 is 0. The lowest BCUT2D eigenvalue weighted by atomic mass is 10.1. The number of nitrogen functional groups attached to an aromatic ring is 1. The fourth-order valence-electron chi connectivity index (χ4n) is 2.60. The molecule has 0 spiro atoms. The second-order valence-corrected chi connectivity index (χ2v) is 6.94. The maximum Gasteiger partial charge on any atom is 0.267 e. The molecule has 0 aliphatic heterocycles. The maximum atomic E-state index is 12.7. The Kier molecular flexibility index (Phi) is 4.92. The summed E-state index contributed by atoms with van der Waals surface area (Å²) in [6, 6.07) is 17.3. The van der Waals surface area contributed by atoms with E-state index in [0.717, 1.165) is 22.5 Å². The number of rotatable bonds is 4. The van der Waals surface area contributed by atoms with Crippen molar-refractivity contribution in [1.82, 2.24) is 0 Å². The molecule has 3 rings (SSSR count). The zero-order valence-electron chi connectivity index (χ0n) is 14.5. The summed E-state index contributed by atoms with van der Waals surface area (Å²) in [6.45, 7) is 3.93. The lowest BCUT2D eigenvalue weighted by Crippen LogP contribution is -2.13. The maximum absolute atomic E-state index is 12.7. The third-order valence-corrected chi connectivity index (χ3v) is 5.04. The van der Waals surface area contributed by atoms with Crippen LogP contribution in [0.25, 0.3) is 0 Å². The third kappa shape index (κ3) is 3.53. The van der Waals surface area contributed by atoms with Gasteiger partial charge in [-0.3, -0.25) is 4.79 Å². The fraction of sp³-hybridized carbons (Fsp3) is 0.100. The first-order chi connectivity index (χ1) is 12.5. The third-order valence-electron chi connectivity index (χ3n) is 3.92. The Morgan fingerprint density at radius 1 is 1.15 bits per heavy atom. The van der Waals surface area contributed by atoms with Gasteiger partial charge in [-0.1, -0.05) is 35.9 Å². The van der Waals surface area contributed by atoms with Crippen molar-refractivity contribution in [1.29, 1.82) is 5.26 Å². The van der Waals surface area contributed by atoms with Gasteiger partial charge in [0.05, 0.1) is 5.69 Å². The Hall–Kier alpha value is -3.30. The molecule has 0 atom stereocenters. The van der Waals surface area contributed by atoms with Gasteiger partial charge in [0.15, 0.2) is 0 Å². The monoisotopic (exact) mass is 362 g/mol. The Morgan fingerprint density at radius 2 is 1.88 bits per heavy atom. The number of anilines is 4. The summed E-state index contributed by atoms with van der Waals surface area (Å²) >= 11 is 1.17. The van der Waals surface area contributed by atoms with Crippen molar-refractivity contribution in [2.24, 2.45) is 0 Å². The van der Waals surface area contributed by atoms with Crippen LogP contribution in [0.15, 0.2) is 48.5 Å². The molecule has 0 unspecified atom stereocenters. The van der Waals surface area contributed by atoms with Crippen molar-refractivity contribution < 1.29 is 4.79 Å². The molecular formula is C20H18N4OS. The van der Waals surface area contributed by atoms with Crippen LogP contribution in [0.4, 0.5) is 22.1 Å². The summed E-state index contributed by atoms with van der Waals surface area (Å²) in [5.41, 5.74) is 10.2. The Labute approximate surface area is 156 Å². The molecule has 0 radical (unpaired) electrons. The predicted octanol–water partition coefficient (Wildman–Crippen LogP) is 4.81. The van der Waals surface area contributed by atoms with Gasteiger partial charge in [0.25, 0.3) is 5.91 Å². The van der Waals surface area contributed by atoms with E-state index in [4.69, 9.17) is 5.73 Å². The number of para-hydroxylation sites is 1. The number of nitrogens with zero attached hydrogens (tertiary/aromatic N) is 1. The summed E-state index contributed by atoms with van der Waals surface area (Å²) in [7, 11) is 0. The number of hydrogen-bond acceptors (Lipinski definition) is 5. The standard InChI is InChI=1S/C20H18N4OS/c1-12-8-9-16(13(2)10-12)24-19(25)18-17(22)15(11-21)20(26-18)23-14-6-4-3-5-7-14/h3-10,23H,22H2,1-2H3,(H,24,25). The molecule has 1 heterocycles. The minimum Gasteiger partial charge on any atom is -0.396 e. The number of carbonyl (C=O) groups is 1. The molecule has 0 saturated heterocycles. The fourth-order valence-corrected chi connectivity index (χ4v) is 3.58. The number of aryl methyl sites for hydroxylation is 2. The molecule has 5 nitrogen and oxygen atoms in total. The number of benzene rings is 2. The van der Waals surface area contributed by atoms with Crippen LogP contribution in [-0.2, 0) is 0 Å². The SMILES string of the molecule is Cc1ccc(NC(=O)c2sc(Nc3ccccc3)c(C#N)c2N)c(C)c1. The van der Waals surface area contributed by atoms with Gasteiger partial charge in [-0.05, 0) is 37.6 Å². The molecule has 0 aliphatic rings.